The minimum Gasteiger partial charge on any atom is -0.477 e. The van der Waals surface area contributed by atoms with Gasteiger partial charge in [0.2, 0.25) is 11.7 Å². The van der Waals surface area contributed by atoms with Gasteiger partial charge in [-0.15, -0.1) is 0 Å². The normalized spacial score (nSPS) is 10.5. The Morgan fingerprint density at radius 3 is 2.50 bits per heavy atom. The van der Waals surface area contributed by atoms with Crippen LogP contribution in [0.1, 0.15) is 37.9 Å². The van der Waals surface area contributed by atoms with E-state index in [1.807, 2.05) is 0 Å². The van der Waals surface area contributed by atoms with Crippen LogP contribution < -0.4 is 5.32 Å². The van der Waals surface area contributed by atoms with Crippen LogP contribution in [-0.4, -0.2) is 32.1 Å². The highest BCUT2D eigenvalue weighted by Gasteiger charge is 2.11. The number of hydrogen-bond donors (Lipinski definition) is 2. The SMILES string of the molecule is Cc1nc(-c2ccc(C(=O)NCc3cnc(C(=O)O)cc3C)cc2)no1. The Hall–Kier alpha value is -3.55. The molecule has 1 amide bonds. The van der Waals surface area contributed by atoms with E-state index in [2.05, 4.69) is 20.4 Å². The summed E-state index contributed by atoms with van der Waals surface area (Å²) in [5.74, 6) is -0.391. The van der Waals surface area contributed by atoms with Crippen molar-refractivity contribution in [3.05, 3.63) is 64.8 Å². The summed E-state index contributed by atoms with van der Waals surface area (Å²) in [7, 11) is 0. The van der Waals surface area contributed by atoms with E-state index in [1.54, 1.807) is 38.1 Å². The van der Waals surface area contributed by atoms with Crippen LogP contribution in [0.3, 0.4) is 0 Å². The number of aromatic carboxylic acids is 1. The number of nitrogens with one attached hydrogen (secondary N) is 1. The molecule has 0 saturated carbocycles. The molecule has 0 fully saturated rings. The van der Waals surface area contributed by atoms with Crippen LogP contribution in [0.25, 0.3) is 11.4 Å². The number of nitrogens with zero attached hydrogens (tertiary/aromatic N) is 3. The number of amides is 1. The summed E-state index contributed by atoms with van der Waals surface area (Å²) in [5, 5.41) is 15.5. The number of benzene rings is 1. The van der Waals surface area contributed by atoms with E-state index in [0.717, 1.165) is 16.7 Å². The van der Waals surface area contributed by atoms with Gasteiger partial charge in [-0.3, -0.25) is 4.79 Å². The number of aromatic nitrogens is 3. The predicted octanol–water partition coefficient (Wildman–Crippen LogP) is 2.38. The Kier molecular flexibility index (Phi) is 4.74. The summed E-state index contributed by atoms with van der Waals surface area (Å²) in [6.07, 6.45) is 1.46. The second-order valence-electron chi connectivity index (χ2n) is 5.70. The number of pyridine rings is 1. The van der Waals surface area contributed by atoms with Crippen molar-refractivity contribution < 1.29 is 19.2 Å². The van der Waals surface area contributed by atoms with Crippen LogP contribution in [-0.2, 0) is 6.54 Å². The first-order valence-corrected chi connectivity index (χ1v) is 7.82. The number of carboxylic acids is 1. The molecule has 0 unspecified atom stereocenters. The number of rotatable bonds is 5. The van der Waals surface area contributed by atoms with E-state index >= 15 is 0 Å². The number of carbonyl (C=O) groups is 2. The van der Waals surface area contributed by atoms with Crippen LogP contribution in [0.5, 0.6) is 0 Å². The summed E-state index contributed by atoms with van der Waals surface area (Å²) < 4.78 is 4.94. The molecular formula is C18H16N4O4. The summed E-state index contributed by atoms with van der Waals surface area (Å²) in [5.41, 5.74) is 2.72. The third-order valence-corrected chi connectivity index (χ3v) is 3.81. The lowest BCUT2D eigenvalue weighted by molar-refractivity contribution is 0.0690. The molecule has 8 heteroatoms. The van der Waals surface area contributed by atoms with Gasteiger partial charge in [0.15, 0.2) is 0 Å². The van der Waals surface area contributed by atoms with Gasteiger partial charge in [-0.2, -0.15) is 4.98 Å². The Morgan fingerprint density at radius 2 is 1.92 bits per heavy atom. The Morgan fingerprint density at radius 1 is 1.19 bits per heavy atom. The van der Waals surface area contributed by atoms with Gasteiger partial charge >= 0.3 is 5.97 Å². The van der Waals surface area contributed by atoms with Crippen molar-refractivity contribution in [1.82, 2.24) is 20.4 Å². The van der Waals surface area contributed by atoms with E-state index in [-0.39, 0.29) is 18.1 Å². The second-order valence-corrected chi connectivity index (χ2v) is 5.70. The molecule has 0 aliphatic heterocycles. The number of hydrogen-bond acceptors (Lipinski definition) is 6. The van der Waals surface area contributed by atoms with E-state index < -0.39 is 5.97 Å². The lowest BCUT2D eigenvalue weighted by Gasteiger charge is -2.08. The molecule has 0 aliphatic rings. The maximum Gasteiger partial charge on any atom is 0.354 e. The Labute approximate surface area is 148 Å². The minimum atomic E-state index is -1.08. The maximum absolute atomic E-state index is 12.3. The lowest BCUT2D eigenvalue weighted by Crippen LogP contribution is -2.23. The van der Waals surface area contributed by atoms with Gasteiger partial charge < -0.3 is 14.9 Å². The average Bonchev–Trinajstić information content (AvgIpc) is 3.07. The topological polar surface area (TPSA) is 118 Å². The Bertz CT molecular complexity index is 964. The monoisotopic (exact) mass is 352 g/mol. The molecule has 26 heavy (non-hydrogen) atoms. The van der Waals surface area contributed by atoms with E-state index in [4.69, 9.17) is 9.63 Å². The lowest BCUT2D eigenvalue weighted by atomic mass is 10.1. The first-order chi connectivity index (χ1) is 12.4. The van der Waals surface area contributed by atoms with Gasteiger partial charge in [-0.25, -0.2) is 9.78 Å². The zero-order valence-electron chi connectivity index (χ0n) is 14.2. The molecule has 0 atom stereocenters. The summed E-state index contributed by atoms with van der Waals surface area (Å²) in [4.78, 5) is 31.2. The molecule has 2 aromatic heterocycles. The quantitative estimate of drug-likeness (QED) is 0.723. The first-order valence-electron chi connectivity index (χ1n) is 7.82. The van der Waals surface area contributed by atoms with Crippen molar-refractivity contribution in [2.45, 2.75) is 20.4 Å². The summed E-state index contributed by atoms with van der Waals surface area (Å²) >= 11 is 0. The van der Waals surface area contributed by atoms with E-state index in [9.17, 15) is 9.59 Å². The fraction of sp³-hybridized carbons (Fsp3) is 0.167. The van der Waals surface area contributed by atoms with Crippen LogP contribution in [0.4, 0.5) is 0 Å². The molecular weight excluding hydrogens is 336 g/mol. The molecule has 132 valence electrons. The molecule has 2 N–H and O–H groups in total. The number of carbonyl (C=O) groups excluding carboxylic acids is 1. The summed E-state index contributed by atoms with van der Waals surface area (Å²) in [6.45, 7) is 3.73. The Balaban J connectivity index is 1.66. The van der Waals surface area contributed by atoms with Crippen molar-refractivity contribution in [1.29, 1.82) is 0 Å². The van der Waals surface area contributed by atoms with Crippen LogP contribution in [0.2, 0.25) is 0 Å². The standard InChI is InChI=1S/C18H16N4O4/c1-10-7-15(18(24)25)19-8-14(10)9-20-17(23)13-5-3-12(4-6-13)16-21-11(2)26-22-16/h3-8H,9H2,1-2H3,(H,20,23)(H,24,25). The van der Waals surface area contributed by atoms with Crippen molar-refractivity contribution in [3.8, 4) is 11.4 Å². The maximum atomic E-state index is 12.3. The molecule has 0 bridgehead atoms. The van der Waals surface area contributed by atoms with Gasteiger partial charge in [0, 0.05) is 30.8 Å². The van der Waals surface area contributed by atoms with Gasteiger partial charge in [0.25, 0.3) is 5.91 Å². The molecule has 3 rings (SSSR count). The second kappa shape index (κ2) is 7.14. The van der Waals surface area contributed by atoms with Crippen molar-refractivity contribution in [3.63, 3.8) is 0 Å². The highest BCUT2D eigenvalue weighted by molar-refractivity contribution is 5.94. The highest BCUT2D eigenvalue weighted by atomic mass is 16.5. The van der Waals surface area contributed by atoms with Gasteiger partial charge in [0.1, 0.15) is 5.69 Å². The zero-order valence-corrected chi connectivity index (χ0v) is 14.2. The first kappa shape index (κ1) is 17.3. The third kappa shape index (κ3) is 3.75. The van der Waals surface area contributed by atoms with Gasteiger partial charge in [-0.1, -0.05) is 17.3 Å². The molecule has 0 radical (unpaired) electrons. The zero-order chi connectivity index (χ0) is 18.7. The van der Waals surface area contributed by atoms with E-state index in [0.29, 0.717) is 17.3 Å². The van der Waals surface area contributed by atoms with Crippen LogP contribution in [0.15, 0.2) is 41.1 Å². The van der Waals surface area contributed by atoms with Crippen molar-refractivity contribution in [2.24, 2.45) is 0 Å². The molecule has 0 aliphatic carbocycles. The van der Waals surface area contributed by atoms with Crippen molar-refractivity contribution >= 4 is 11.9 Å². The molecule has 0 saturated heterocycles. The fourth-order valence-electron chi connectivity index (χ4n) is 2.35. The largest absolute Gasteiger partial charge is 0.477 e. The average molecular weight is 352 g/mol. The van der Waals surface area contributed by atoms with Crippen molar-refractivity contribution in [2.75, 3.05) is 0 Å². The highest BCUT2D eigenvalue weighted by Crippen LogP contribution is 2.16. The van der Waals surface area contributed by atoms with E-state index in [1.165, 1.54) is 12.3 Å². The fourth-order valence-corrected chi connectivity index (χ4v) is 2.35. The molecule has 0 spiro atoms. The molecule has 3 aromatic rings. The van der Waals surface area contributed by atoms with Gasteiger partial charge in [0.05, 0.1) is 0 Å². The predicted molar refractivity (Wildman–Crippen MR) is 91.6 cm³/mol. The third-order valence-electron chi connectivity index (χ3n) is 3.81. The van der Waals surface area contributed by atoms with Gasteiger partial charge in [-0.05, 0) is 36.2 Å². The summed E-state index contributed by atoms with van der Waals surface area (Å²) in [6, 6.07) is 8.32. The molecule has 1 aromatic carbocycles. The molecule has 2 heterocycles. The number of carboxylic acid groups (broad SMARTS) is 1. The minimum absolute atomic E-state index is 0.0233. The van der Waals surface area contributed by atoms with Crippen LogP contribution in [0, 0.1) is 13.8 Å². The van der Waals surface area contributed by atoms with Crippen LogP contribution >= 0.6 is 0 Å². The number of aryl methyl sites for hydroxylation is 2. The smallest absolute Gasteiger partial charge is 0.354 e. The molecule has 8 nitrogen and oxygen atoms in total.